The van der Waals surface area contributed by atoms with Crippen LogP contribution in [-0.4, -0.2) is 30.1 Å². The minimum absolute atomic E-state index is 0.149. The van der Waals surface area contributed by atoms with Gasteiger partial charge in [0.25, 0.3) is 5.91 Å². The first-order valence-corrected chi connectivity index (χ1v) is 10.7. The number of anilines is 2. The van der Waals surface area contributed by atoms with E-state index in [4.69, 9.17) is 21.7 Å². The van der Waals surface area contributed by atoms with E-state index in [1.165, 1.54) is 6.92 Å². The van der Waals surface area contributed by atoms with Crippen LogP contribution in [0.2, 0.25) is 0 Å². The van der Waals surface area contributed by atoms with Crippen molar-refractivity contribution in [3.63, 3.8) is 0 Å². The number of nitrogens with one attached hydrogen (secondary N) is 3. The standard InChI is InChI=1S/C25H25N3O4S/c1-17-8-11-20(16-23(17)26-18(2)29)27-25(33)28-24(30)19-9-12-22(13-10-19)32-15-14-31-21-6-4-3-5-7-21/h3-13,16H,14-15H2,1-2H3,(H,26,29)(H2,27,28,30,33). The Balaban J connectivity index is 1.47. The number of thiocarbonyl (C=S) groups is 1. The van der Waals surface area contributed by atoms with Crippen LogP contribution in [0.4, 0.5) is 11.4 Å². The number of aryl methyl sites for hydroxylation is 1. The van der Waals surface area contributed by atoms with Crippen LogP contribution in [0.15, 0.2) is 72.8 Å². The maximum absolute atomic E-state index is 12.5. The van der Waals surface area contributed by atoms with Crippen molar-refractivity contribution in [3.8, 4) is 11.5 Å². The topological polar surface area (TPSA) is 88.7 Å². The lowest BCUT2D eigenvalue weighted by atomic mass is 10.2. The summed E-state index contributed by atoms with van der Waals surface area (Å²) in [5, 5.41) is 8.50. The predicted octanol–water partition coefficient (Wildman–Crippen LogP) is 4.54. The van der Waals surface area contributed by atoms with E-state index in [0.29, 0.717) is 35.9 Å². The Morgan fingerprint density at radius 1 is 0.848 bits per heavy atom. The monoisotopic (exact) mass is 463 g/mol. The lowest BCUT2D eigenvalue weighted by molar-refractivity contribution is -0.114. The highest BCUT2D eigenvalue weighted by molar-refractivity contribution is 7.80. The number of carbonyl (C=O) groups excluding carboxylic acids is 2. The van der Waals surface area contributed by atoms with Gasteiger partial charge in [0.1, 0.15) is 24.7 Å². The van der Waals surface area contributed by atoms with Gasteiger partial charge in [0.15, 0.2) is 5.11 Å². The van der Waals surface area contributed by atoms with Gasteiger partial charge in [-0.25, -0.2) is 0 Å². The highest BCUT2D eigenvalue weighted by atomic mass is 32.1. The van der Waals surface area contributed by atoms with Crippen molar-refractivity contribution in [1.29, 1.82) is 0 Å². The minimum Gasteiger partial charge on any atom is -0.490 e. The normalized spacial score (nSPS) is 10.1. The molecule has 3 N–H and O–H groups in total. The summed E-state index contributed by atoms with van der Waals surface area (Å²) in [5.74, 6) is 0.909. The van der Waals surface area contributed by atoms with Gasteiger partial charge in [-0.3, -0.25) is 14.9 Å². The molecule has 0 aromatic heterocycles. The Morgan fingerprint density at radius 3 is 2.12 bits per heavy atom. The Bertz CT molecular complexity index is 1120. The van der Waals surface area contributed by atoms with Crippen LogP contribution < -0.4 is 25.4 Å². The molecule has 0 aliphatic rings. The fraction of sp³-hybridized carbons (Fsp3) is 0.160. The summed E-state index contributed by atoms with van der Waals surface area (Å²) in [5.41, 5.74) is 2.68. The van der Waals surface area contributed by atoms with Gasteiger partial charge < -0.3 is 20.1 Å². The molecule has 7 nitrogen and oxygen atoms in total. The number of ether oxygens (including phenoxy) is 2. The highest BCUT2D eigenvalue weighted by Gasteiger charge is 2.09. The number of para-hydroxylation sites is 1. The number of amides is 2. The van der Waals surface area contributed by atoms with Crippen LogP contribution in [0.5, 0.6) is 11.5 Å². The number of hydrogen-bond donors (Lipinski definition) is 3. The van der Waals surface area contributed by atoms with Crippen LogP contribution in [0, 0.1) is 6.92 Å². The molecule has 0 radical (unpaired) electrons. The molecule has 0 saturated carbocycles. The largest absolute Gasteiger partial charge is 0.490 e. The van der Waals surface area contributed by atoms with Crippen LogP contribution >= 0.6 is 12.2 Å². The van der Waals surface area contributed by atoms with E-state index in [1.54, 1.807) is 30.3 Å². The van der Waals surface area contributed by atoms with Crippen LogP contribution in [0.3, 0.4) is 0 Å². The third kappa shape index (κ3) is 7.62. The van der Waals surface area contributed by atoms with Gasteiger partial charge in [-0.1, -0.05) is 24.3 Å². The van der Waals surface area contributed by atoms with Crippen molar-refractivity contribution < 1.29 is 19.1 Å². The van der Waals surface area contributed by atoms with Gasteiger partial charge in [0, 0.05) is 23.9 Å². The Morgan fingerprint density at radius 2 is 1.48 bits per heavy atom. The smallest absolute Gasteiger partial charge is 0.257 e. The van der Waals surface area contributed by atoms with Gasteiger partial charge in [-0.2, -0.15) is 0 Å². The summed E-state index contributed by atoms with van der Waals surface area (Å²) >= 11 is 5.24. The molecule has 0 bridgehead atoms. The summed E-state index contributed by atoms with van der Waals surface area (Å²) in [7, 11) is 0. The molecule has 0 atom stereocenters. The molecule has 33 heavy (non-hydrogen) atoms. The first-order chi connectivity index (χ1) is 15.9. The molecule has 3 aromatic carbocycles. The Kier molecular flexibility index (Phi) is 8.37. The van der Waals surface area contributed by atoms with Crippen molar-refractivity contribution in [1.82, 2.24) is 5.32 Å². The molecular weight excluding hydrogens is 438 g/mol. The van der Waals surface area contributed by atoms with Crippen LogP contribution in [-0.2, 0) is 4.79 Å². The summed E-state index contributed by atoms with van der Waals surface area (Å²) in [4.78, 5) is 23.8. The third-order valence-electron chi connectivity index (χ3n) is 4.51. The van der Waals surface area contributed by atoms with Crippen molar-refractivity contribution in [2.45, 2.75) is 13.8 Å². The number of carbonyl (C=O) groups is 2. The first-order valence-electron chi connectivity index (χ1n) is 10.3. The third-order valence-corrected chi connectivity index (χ3v) is 4.72. The van der Waals surface area contributed by atoms with Crippen molar-refractivity contribution in [2.24, 2.45) is 0 Å². The zero-order chi connectivity index (χ0) is 23.6. The average Bonchev–Trinajstić information content (AvgIpc) is 2.79. The summed E-state index contributed by atoms with van der Waals surface area (Å²) in [6, 6.07) is 21.7. The number of rotatable bonds is 8. The summed E-state index contributed by atoms with van der Waals surface area (Å²) < 4.78 is 11.2. The van der Waals surface area contributed by atoms with E-state index >= 15 is 0 Å². The Hall–Kier alpha value is -3.91. The zero-order valence-electron chi connectivity index (χ0n) is 18.4. The van der Waals surface area contributed by atoms with E-state index in [2.05, 4.69) is 16.0 Å². The molecule has 0 spiro atoms. The predicted molar refractivity (Wildman–Crippen MR) is 133 cm³/mol. The van der Waals surface area contributed by atoms with Gasteiger partial charge in [-0.15, -0.1) is 0 Å². The highest BCUT2D eigenvalue weighted by Crippen LogP contribution is 2.20. The molecule has 0 aliphatic heterocycles. The molecule has 3 aromatic rings. The second kappa shape index (κ2) is 11.6. The SMILES string of the molecule is CC(=O)Nc1cc(NC(=S)NC(=O)c2ccc(OCCOc3ccccc3)cc2)ccc1C. The maximum Gasteiger partial charge on any atom is 0.257 e. The number of benzene rings is 3. The molecule has 0 saturated heterocycles. The lowest BCUT2D eigenvalue weighted by Crippen LogP contribution is -2.34. The van der Waals surface area contributed by atoms with Crippen molar-refractivity contribution in [3.05, 3.63) is 83.9 Å². The molecule has 0 heterocycles. The van der Waals surface area contributed by atoms with Gasteiger partial charge >= 0.3 is 0 Å². The van der Waals surface area contributed by atoms with Gasteiger partial charge in [0.2, 0.25) is 5.91 Å². The van der Waals surface area contributed by atoms with E-state index in [9.17, 15) is 9.59 Å². The van der Waals surface area contributed by atoms with Gasteiger partial charge in [0.05, 0.1) is 0 Å². The van der Waals surface area contributed by atoms with E-state index < -0.39 is 0 Å². The quantitative estimate of drug-likeness (QED) is 0.336. The van der Waals surface area contributed by atoms with Crippen molar-refractivity contribution in [2.75, 3.05) is 23.8 Å². The Labute approximate surface area is 198 Å². The van der Waals surface area contributed by atoms with E-state index in [0.717, 1.165) is 11.3 Å². The van der Waals surface area contributed by atoms with Crippen molar-refractivity contribution >= 4 is 40.5 Å². The van der Waals surface area contributed by atoms with E-state index in [-0.39, 0.29) is 16.9 Å². The molecule has 3 rings (SSSR count). The number of hydrogen-bond acceptors (Lipinski definition) is 5. The minimum atomic E-state index is -0.347. The second-order valence-corrected chi connectivity index (χ2v) is 7.56. The molecular formula is C25H25N3O4S. The fourth-order valence-corrected chi connectivity index (χ4v) is 3.11. The van der Waals surface area contributed by atoms with Crippen LogP contribution in [0.1, 0.15) is 22.8 Å². The molecule has 8 heteroatoms. The second-order valence-electron chi connectivity index (χ2n) is 7.15. The van der Waals surface area contributed by atoms with Crippen LogP contribution in [0.25, 0.3) is 0 Å². The van der Waals surface area contributed by atoms with E-state index in [1.807, 2.05) is 49.4 Å². The zero-order valence-corrected chi connectivity index (χ0v) is 19.2. The molecule has 0 aliphatic carbocycles. The van der Waals surface area contributed by atoms with Gasteiger partial charge in [-0.05, 0) is 73.2 Å². The molecule has 2 amide bonds. The fourth-order valence-electron chi connectivity index (χ4n) is 2.90. The first kappa shape index (κ1) is 23.7. The molecule has 170 valence electrons. The molecule has 0 unspecified atom stereocenters. The summed E-state index contributed by atoms with van der Waals surface area (Å²) in [6.45, 7) is 4.12. The average molecular weight is 464 g/mol. The maximum atomic E-state index is 12.5. The summed E-state index contributed by atoms with van der Waals surface area (Å²) in [6.07, 6.45) is 0. The molecule has 0 fully saturated rings. The lowest BCUT2D eigenvalue weighted by Gasteiger charge is -2.13.